The van der Waals surface area contributed by atoms with Crippen LogP contribution in [0.2, 0.25) is 0 Å². The minimum atomic E-state index is 0.347. The van der Waals surface area contributed by atoms with Crippen LogP contribution < -0.4 is 5.32 Å². The minimum absolute atomic E-state index is 0.347. The minimum Gasteiger partial charge on any atom is -0.507 e. The second-order valence-electron chi connectivity index (χ2n) is 5.01. The van der Waals surface area contributed by atoms with Crippen molar-refractivity contribution in [2.75, 3.05) is 5.32 Å². The summed E-state index contributed by atoms with van der Waals surface area (Å²) in [7, 11) is 0. The molecule has 20 heavy (non-hydrogen) atoms. The van der Waals surface area contributed by atoms with E-state index < -0.39 is 0 Å². The van der Waals surface area contributed by atoms with Gasteiger partial charge in [0.25, 0.3) is 0 Å². The molecule has 0 aliphatic rings. The van der Waals surface area contributed by atoms with Crippen molar-refractivity contribution >= 4 is 16.7 Å². The molecule has 3 aromatic rings. The maximum atomic E-state index is 9.94. The summed E-state index contributed by atoms with van der Waals surface area (Å²) in [4.78, 5) is 0. The van der Waals surface area contributed by atoms with Crippen molar-refractivity contribution in [2.45, 2.75) is 20.4 Å². The van der Waals surface area contributed by atoms with E-state index in [9.17, 15) is 5.11 Å². The molecule has 0 aliphatic carbocycles. The summed E-state index contributed by atoms with van der Waals surface area (Å²) in [5.74, 6) is 1.23. The quantitative estimate of drug-likeness (QED) is 0.740. The van der Waals surface area contributed by atoms with Gasteiger partial charge in [0.2, 0.25) is 0 Å². The van der Waals surface area contributed by atoms with Crippen LogP contribution in [0.15, 0.2) is 46.9 Å². The lowest BCUT2D eigenvalue weighted by Crippen LogP contribution is -2.00. The van der Waals surface area contributed by atoms with E-state index in [2.05, 4.69) is 5.32 Å². The predicted molar refractivity (Wildman–Crippen MR) is 81.1 cm³/mol. The standard InChI is InChI=1S/C17H17NO2/c1-11-7-8-15(12(2)17(11)19)18-10-14-9-13-5-3-4-6-16(13)20-14/h3-9,18-19H,10H2,1-2H3. The molecule has 0 fully saturated rings. The topological polar surface area (TPSA) is 45.4 Å². The second-order valence-corrected chi connectivity index (χ2v) is 5.01. The number of aromatic hydroxyl groups is 1. The zero-order valence-electron chi connectivity index (χ0n) is 11.6. The van der Waals surface area contributed by atoms with E-state index in [0.717, 1.165) is 33.5 Å². The number of nitrogens with one attached hydrogen (secondary N) is 1. The summed E-state index contributed by atoms with van der Waals surface area (Å²) in [6.45, 7) is 4.40. The molecule has 0 spiro atoms. The number of anilines is 1. The molecular formula is C17H17NO2. The number of para-hydroxylation sites is 1. The van der Waals surface area contributed by atoms with Crippen LogP contribution in [-0.4, -0.2) is 5.11 Å². The van der Waals surface area contributed by atoms with Gasteiger partial charge in [-0.15, -0.1) is 0 Å². The summed E-state index contributed by atoms with van der Waals surface area (Å²) in [6.07, 6.45) is 0. The first-order chi connectivity index (χ1) is 9.65. The number of hydrogen-bond donors (Lipinski definition) is 2. The molecule has 0 saturated heterocycles. The molecule has 0 radical (unpaired) electrons. The van der Waals surface area contributed by atoms with Crippen LogP contribution in [0.3, 0.4) is 0 Å². The first-order valence-corrected chi connectivity index (χ1v) is 6.65. The molecule has 0 bridgehead atoms. The lowest BCUT2D eigenvalue weighted by molar-refractivity contribution is 0.467. The summed E-state index contributed by atoms with van der Waals surface area (Å²) in [6, 6.07) is 13.9. The Labute approximate surface area is 117 Å². The van der Waals surface area contributed by atoms with Gasteiger partial charge < -0.3 is 14.8 Å². The highest BCUT2D eigenvalue weighted by atomic mass is 16.3. The molecule has 0 atom stereocenters. The largest absolute Gasteiger partial charge is 0.507 e. The third-order valence-corrected chi connectivity index (χ3v) is 3.56. The maximum Gasteiger partial charge on any atom is 0.134 e. The number of rotatable bonds is 3. The molecule has 3 nitrogen and oxygen atoms in total. The van der Waals surface area contributed by atoms with E-state index in [1.807, 2.05) is 56.3 Å². The number of phenolic OH excluding ortho intramolecular Hbond substituents is 1. The Balaban J connectivity index is 1.81. The van der Waals surface area contributed by atoms with E-state index in [1.165, 1.54) is 0 Å². The Hall–Kier alpha value is -2.42. The van der Waals surface area contributed by atoms with Crippen molar-refractivity contribution < 1.29 is 9.52 Å². The van der Waals surface area contributed by atoms with E-state index in [-0.39, 0.29) is 0 Å². The van der Waals surface area contributed by atoms with E-state index >= 15 is 0 Å². The summed E-state index contributed by atoms with van der Waals surface area (Å²) in [5, 5.41) is 14.3. The zero-order chi connectivity index (χ0) is 14.1. The zero-order valence-corrected chi connectivity index (χ0v) is 11.6. The van der Waals surface area contributed by atoms with Crippen molar-refractivity contribution in [3.63, 3.8) is 0 Å². The van der Waals surface area contributed by atoms with Crippen LogP contribution in [0.1, 0.15) is 16.9 Å². The van der Waals surface area contributed by atoms with Crippen molar-refractivity contribution in [1.29, 1.82) is 0 Å². The molecule has 0 amide bonds. The monoisotopic (exact) mass is 267 g/mol. The predicted octanol–water partition coefficient (Wildman–Crippen LogP) is 4.37. The van der Waals surface area contributed by atoms with Crippen LogP contribution in [-0.2, 0) is 6.54 Å². The molecule has 0 unspecified atom stereocenters. The fourth-order valence-corrected chi connectivity index (χ4v) is 2.33. The molecule has 3 rings (SSSR count). The number of phenols is 1. The van der Waals surface area contributed by atoms with Crippen molar-refractivity contribution in [3.05, 3.63) is 59.4 Å². The Morgan fingerprint density at radius 3 is 2.70 bits per heavy atom. The normalized spacial score (nSPS) is 10.9. The van der Waals surface area contributed by atoms with Gasteiger partial charge >= 0.3 is 0 Å². The molecule has 102 valence electrons. The molecule has 0 saturated carbocycles. The van der Waals surface area contributed by atoms with E-state index in [0.29, 0.717) is 12.3 Å². The smallest absolute Gasteiger partial charge is 0.134 e. The number of benzene rings is 2. The molecule has 2 N–H and O–H groups in total. The molecule has 3 heteroatoms. The Morgan fingerprint density at radius 2 is 1.90 bits per heavy atom. The summed E-state index contributed by atoms with van der Waals surface area (Å²) in [5.41, 5.74) is 3.57. The van der Waals surface area contributed by atoms with Crippen LogP contribution in [0, 0.1) is 13.8 Å². The first-order valence-electron chi connectivity index (χ1n) is 6.65. The van der Waals surface area contributed by atoms with Gasteiger partial charge in [-0.25, -0.2) is 0 Å². The first kappa shape index (κ1) is 12.6. The van der Waals surface area contributed by atoms with Gasteiger partial charge in [0.15, 0.2) is 0 Å². The number of aryl methyl sites for hydroxylation is 1. The molecule has 1 heterocycles. The molecule has 1 aromatic heterocycles. The average Bonchev–Trinajstić information content (AvgIpc) is 2.87. The number of hydrogen-bond acceptors (Lipinski definition) is 3. The highest BCUT2D eigenvalue weighted by Crippen LogP contribution is 2.28. The Morgan fingerprint density at radius 1 is 1.10 bits per heavy atom. The highest BCUT2D eigenvalue weighted by Gasteiger charge is 2.07. The van der Waals surface area contributed by atoms with Crippen LogP contribution in [0.5, 0.6) is 5.75 Å². The Bertz CT molecular complexity index is 726. The van der Waals surface area contributed by atoms with Gasteiger partial charge in [0.05, 0.1) is 6.54 Å². The van der Waals surface area contributed by atoms with Crippen molar-refractivity contribution in [3.8, 4) is 5.75 Å². The van der Waals surface area contributed by atoms with Gasteiger partial charge in [-0.3, -0.25) is 0 Å². The van der Waals surface area contributed by atoms with Crippen LogP contribution in [0.4, 0.5) is 5.69 Å². The maximum absolute atomic E-state index is 9.94. The lowest BCUT2D eigenvalue weighted by Gasteiger charge is -2.11. The number of furan rings is 1. The fraction of sp³-hybridized carbons (Fsp3) is 0.176. The van der Waals surface area contributed by atoms with Gasteiger partial charge in [-0.05, 0) is 37.6 Å². The van der Waals surface area contributed by atoms with Crippen LogP contribution >= 0.6 is 0 Å². The van der Waals surface area contributed by atoms with Gasteiger partial charge in [0, 0.05) is 16.6 Å². The van der Waals surface area contributed by atoms with E-state index in [1.54, 1.807) is 0 Å². The highest BCUT2D eigenvalue weighted by molar-refractivity contribution is 5.77. The van der Waals surface area contributed by atoms with Gasteiger partial charge in [0.1, 0.15) is 17.1 Å². The average molecular weight is 267 g/mol. The lowest BCUT2D eigenvalue weighted by atomic mass is 10.1. The van der Waals surface area contributed by atoms with E-state index in [4.69, 9.17) is 4.42 Å². The summed E-state index contributed by atoms with van der Waals surface area (Å²) >= 11 is 0. The molecule has 2 aromatic carbocycles. The van der Waals surface area contributed by atoms with Gasteiger partial charge in [-0.1, -0.05) is 24.3 Å². The Kier molecular flexibility index (Phi) is 3.11. The SMILES string of the molecule is Cc1ccc(NCc2cc3ccccc3o2)c(C)c1O. The summed E-state index contributed by atoms with van der Waals surface area (Å²) < 4.78 is 5.76. The third kappa shape index (κ3) is 2.23. The van der Waals surface area contributed by atoms with Crippen LogP contribution in [0.25, 0.3) is 11.0 Å². The number of fused-ring (bicyclic) bond motifs is 1. The molecule has 0 aliphatic heterocycles. The fourth-order valence-electron chi connectivity index (χ4n) is 2.33. The third-order valence-electron chi connectivity index (χ3n) is 3.56. The van der Waals surface area contributed by atoms with Crippen molar-refractivity contribution in [2.24, 2.45) is 0 Å². The van der Waals surface area contributed by atoms with Crippen molar-refractivity contribution in [1.82, 2.24) is 0 Å². The molecular weight excluding hydrogens is 250 g/mol. The van der Waals surface area contributed by atoms with Gasteiger partial charge in [-0.2, -0.15) is 0 Å². The second kappa shape index (κ2) is 4.93.